The van der Waals surface area contributed by atoms with Crippen LogP contribution in [-0.4, -0.2) is 10.1 Å². The molecular weight excluding hydrogens is 176 g/mol. The number of nitrogens with zero attached hydrogens (tertiary/aromatic N) is 2. The molecule has 1 aromatic heterocycles. The summed E-state index contributed by atoms with van der Waals surface area (Å²) in [4.78, 5) is 4.42. The Balaban J connectivity index is 2.77. The molecule has 3 nitrogen and oxygen atoms in total. The monoisotopic (exact) mass is 196 g/mol. The van der Waals surface area contributed by atoms with Crippen LogP contribution in [0.2, 0.25) is 0 Å². The first-order chi connectivity index (χ1) is 6.45. The largest absolute Gasteiger partial charge is 0.339 e. The van der Waals surface area contributed by atoms with Crippen molar-refractivity contribution in [1.82, 2.24) is 10.1 Å². The molecule has 1 aromatic rings. The number of rotatable bonds is 4. The summed E-state index contributed by atoms with van der Waals surface area (Å²) >= 11 is 0. The molecule has 14 heavy (non-hydrogen) atoms. The third-order valence-electron chi connectivity index (χ3n) is 2.52. The summed E-state index contributed by atoms with van der Waals surface area (Å²) in [5, 5.41) is 3.98. The first kappa shape index (κ1) is 11.2. The maximum Gasteiger partial charge on any atom is 0.232 e. The highest BCUT2D eigenvalue weighted by molar-refractivity contribution is 5.00. The molecule has 0 spiro atoms. The van der Waals surface area contributed by atoms with Gasteiger partial charge < -0.3 is 4.52 Å². The zero-order chi connectivity index (χ0) is 10.8. The van der Waals surface area contributed by atoms with Gasteiger partial charge in [0.1, 0.15) is 0 Å². The van der Waals surface area contributed by atoms with Crippen LogP contribution in [0.5, 0.6) is 0 Å². The summed E-state index contributed by atoms with van der Waals surface area (Å²) in [6.07, 6.45) is 1.90. The molecule has 0 bridgehead atoms. The third kappa shape index (κ3) is 2.56. The molecule has 0 unspecified atom stereocenters. The zero-order valence-corrected chi connectivity index (χ0v) is 9.79. The quantitative estimate of drug-likeness (QED) is 0.743. The van der Waals surface area contributed by atoms with Crippen molar-refractivity contribution in [1.29, 1.82) is 0 Å². The van der Waals surface area contributed by atoms with Crippen LogP contribution in [0, 0.1) is 5.92 Å². The van der Waals surface area contributed by atoms with Gasteiger partial charge in [-0.1, -0.05) is 39.8 Å². The fourth-order valence-corrected chi connectivity index (χ4v) is 1.13. The first-order valence-electron chi connectivity index (χ1n) is 5.28. The average molecular weight is 196 g/mol. The summed E-state index contributed by atoms with van der Waals surface area (Å²) in [7, 11) is 0. The molecule has 80 valence electrons. The lowest BCUT2D eigenvalue weighted by molar-refractivity contribution is 0.299. The molecule has 0 amide bonds. The highest BCUT2D eigenvalue weighted by atomic mass is 16.5. The Morgan fingerprint density at radius 2 is 2.00 bits per heavy atom. The van der Waals surface area contributed by atoms with Crippen molar-refractivity contribution in [3.8, 4) is 0 Å². The SMILES string of the molecule is CCC(C)(C)c1nc(CC(C)C)no1. The van der Waals surface area contributed by atoms with Crippen LogP contribution >= 0.6 is 0 Å². The minimum Gasteiger partial charge on any atom is -0.339 e. The fraction of sp³-hybridized carbons (Fsp3) is 0.818. The van der Waals surface area contributed by atoms with Crippen molar-refractivity contribution >= 4 is 0 Å². The van der Waals surface area contributed by atoms with Crippen molar-refractivity contribution < 1.29 is 4.52 Å². The van der Waals surface area contributed by atoms with Crippen molar-refractivity contribution in [3.63, 3.8) is 0 Å². The van der Waals surface area contributed by atoms with E-state index < -0.39 is 0 Å². The smallest absolute Gasteiger partial charge is 0.232 e. The van der Waals surface area contributed by atoms with Gasteiger partial charge in [-0.25, -0.2) is 0 Å². The highest BCUT2D eigenvalue weighted by Gasteiger charge is 2.25. The minimum atomic E-state index is 0.00221. The Morgan fingerprint density at radius 1 is 1.36 bits per heavy atom. The van der Waals surface area contributed by atoms with Gasteiger partial charge in [0, 0.05) is 11.8 Å². The lowest BCUT2D eigenvalue weighted by Crippen LogP contribution is -2.16. The third-order valence-corrected chi connectivity index (χ3v) is 2.52. The van der Waals surface area contributed by atoms with Gasteiger partial charge in [-0.05, 0) is 12.3 Å². The van der Waals surface area contributed by atoms with Gasteiger partial charge in [0.05, 0.1) is 0 Å². The molecule has 0 aliphatic rings. The topological polar surface area (TPSA) is 38.9 Å². The lowest BCUT2D eigenvalue weighted by Gasteiger charge is -2.15. The Kier molecular flexibility index (Phi) is 3.29. The Bertz CT molecular complexity index is 289. The predicted octanol–water partition coefficient (Wildman–Crippen LogP) is 2.96. The molecule has 0 atom stereocenters. The normalized spacial score (nSPS) is 12.4. The van der Waals surface area contributed by atoms with Gasteiger partial charge in [0.25, 0.3) is 0 Å². The van der Waals surface area contributed by atoms with Crippen LogP contribution in [-0.2, 0) is 11.8 Å². The summed E-state index contributed by atoms with van der Waals surface area (Å²) < 4.78 is 5.26. The molecule has 3 heteroatoms. The minimum absolute atomic E-state index is 0.00221. The van der Waals surface area contributed by atoms with E-state index in [-0.39, 0.29) is 5.41 Å². The van der Waals surface area contributed by atoms with E-state index in [0.717, 1.165) is 24.6 Å². The molecule has 0 aromatic carbocycles. The molecule has 0 fully saturated rings. The summed E-state index contributed by atoms with van der Waals surface area (Å²) in [5.74, 6) is 2.16. The zero-order valence-electron chi connectivity index (χ0n) is 9.79. The molecule has 1 heterocycles. The van der Waals surface area contributed by atoms with E-state index in [2.05, 4.69) is 44.8 Å². The fourth-order valence-electron chi connectivity index (χ4n) is 1.13. The van der Waals surface area contributed by atoms with Crippen LogP contribution in [0.3, 0.4) is 0 Å². The predicted molar refractivity (Wildman–Crippen MR) is 56.2 cm³/mol. The van der Waals surface area contributed by atoms with Crippen molar-refractivity contribution in [3.05, 3.63) is 11.7 Å². The van der Waals surface area contributed by atoms with Gasteiger partial charge in [0.15, 0.2) is 5.82 Å². The summed E-state index contributed by atoms with van der Waals surface area (Å²) in [6, 6.07) is 0. The summed E-state index contributed by atoms with van der Waals surface area (Å²) in [6.45, 7) is 10.7. The van der Waals surface area contributed by atoms with Crippen LogP contribution in [0.1, 0.15) is 52.8 Å². The Morgan fingerprint density at radius 3 is 2.50 bits per heavy atom. The van der Waals surface area contributed by atoms with Gasteiger partial charge >= 0.3 is 0 Å². The van der Waals surface area contributed by atoms with Crippen LogP contribution < -0.4 is 0 Å². The Hall–Kier alpha value is -0.860. The van der Waals surface area contributed by atoms with Crippen molar-refractivity contribution in [2.75, 3.05) is 0 Å². The van der Waals surface area contributed by atoms with Crippen molar-refractivity contribution in [2.45, 2.75) is 52.9 Å². The maximum atomic E-state index is 5.26. The van der Waals surface area contributed by atoms with Gasteiger partial charge in [0.2, 0.25) is 5.89 Å². The first-order valence-corrected chi connectivity index (χ1v) is 5.28. The van der Waals surface area contributed by atoms with E-state index in [4.69, 9.17) is 4.52 Å². The van der Waals surface area contributed by atoms with E-state index >= 15 is 0 Å². The van der Waals surface area contributed by atoms with Crippen LogP contribution in [0.25, 0.3) is 0 Å². The second-order valence-corrected chi connectivity index (χ2v) is 4.85. The van der Waals surface area contributed by atoms with E-state index in [9.17, 15) is 0 Å². The molecule has 0 radical (unpaired) electrons. The standard InChI is InChI=1S/C11H20N2O/c1-6-11(4,5)10-12-9(13-14-10)7-8(2)3/h8H,6-7H2,1-5H3. The summed E-state index contributed by atoms with van der Waals surface area (Å²) in [5.41, 5.74) is 0.00221. The van der Waals surface area contributed by atoms with E-state index in [0.29, 0.717) is 5.92 Å². The van der Waals surface area contributed by atoms with E-state index in [1.807, 2.05) is 0 Å². The molecule has 0 aliphatic heterocycles. The molecule has 1 rings (SSSR count). The maximum absolute atomic E-state index is 5.26. The molecular formula is C11H20N2O. The number of hydrogen-bond acceptors (Lipinski definition) is 3. The Labute approximate surface area is 85.9 Å². The molecule has 0 N–H and O–H groups in total. The number of hydrogen-bond donors (Lipinski definition) is 0. The molecule has 0 aliphatic carbocycles. The number of aromatic nitrogens is 2. The highest BCUT2D eigenvalue weighted by Crippen LogP contribution is 2.24. The second kappa shape index (κ2) is 4.11. The molecule has 0 saturated carbocycles. The second-order valence-electron chi connectivity index (χ2n) is 4.85. The van der Waals surface area contributed by atoms with E-state index in [1.54, 1.807) is 0 Å². The van der Waals surface area contributed by atoms with Crippen LogP contribution in [0.4, 0.5) is 0 Å². The average Bonchev–Trinajstić information content (AvgIpc) is 2.52. The van der Waals surface area contributed by atoms with Crippen LogP contribution in [0.15, 0.2) is 4.52 Å². The van der Waals surface area contributed by atoms with Gasteiger partial charge in [-0.3, -0.25) is 0 Å². The van der Waals surface area contributed by atoms with Crippen molar-refractivity contribution in [2.24, 2.45) is 5.92 Å². The molecule has 0 saturated heterocycles. The van der Waals surface area contributed by atoms with Gasteiger partial charge in [-0.15, -0.1) is 0 Å². The van der Waals surface area contributed by atoms with E-state index in [1.165, 1.54) is 0 Å². The van der Waals surface area contributed by atoms with Gasteiger partial charge in [-0.2, -0.15) is 4.98 Å². The lowest BCUT2D eigenvalue weighted by atomic mass is 9.90.